The zero-order chi connectivity index (χ0) is 21.5. The van der Waals surface area contributed by atoms with Crippen LogP contribution in [0.25, 0.3) is 0 Å². The van der Waals surface area contributed by atoms with Crippen LogP contribution in [0.2, 0.25) is 0 Å². The van der Waals surface area contributed by atoms with E-state index in [1.54, 1.807) is 24.3 Å². The van der Waals surface area contributed by atoms with Crippen LogP contribution in [-0.2, 0) is 27.2 Å². The Balaban J connectivity index is 1.75. The van der Waals surface area contributed by atoms with E-state index in [1.165, 1.54) is 6.92 Å². The van der Waals surface area contributed by atoms with Crippen molar-refractivity contribution in [2.45, 2.75) is 31.8 Å². The molecule has 0 saturated heterocycles. The van der Waals surface area contributed by atoms with Gasteiger partial charge in [0.05, 0.1) is 6.54 Å². The fraction of sp³-hybridized carbons (Fsp3) is 0.304. The summed E-state index contributed by atoms with van der Waals surface area (Å²) >= 11 is 0. The van der Waals surface area contributed by atoms with Crippen LogP contribution in [0.5, 0.6) is 0 Å². The smallest absolute Gasteiger partial charge is 0.251 e. The average molecular weight is 407 g/mol. The molecule has 2 aromatic carbocycles. The van der Waals surface area contributed by atoms with E-state index >= 15 is 0 Å². The Morgan fingerprint density at radius 3 is 2.13 bits per heavy atom. The zero-order valence-electron chi connectivity index (χ0n) is 16.8. The third kappa shape index (κ3) is 5.11. The number of benzene rings is 2. The molecule has 0 spiro atoms. The number of hydrogen-bond acceptors (Lipinski definition) is 4. The van der Waals surface area contributed by atoms with Crippen molar-refractivity contribution in [3.05, 3.63) is 71.3 Å². The summed E-state index contributed by atoms with van der Waals surface area (Å²) in [7, 11) is 0. The van der Waals surface area contributed by atoms with Crippen molar-refractivity contribution in [3.63, 3.8) is 0 Å². The van der Waals surface area contributed by atoms with Gasteiger partial charge in [0.25, 0.3) is 5.91 Å². The predicted molar refractivity (Wildman–Crippen MR) is 112 cm³/mol. The Kier molecular flexibility index (Phi) is 6.95. The number of carbonyl (C=O) groups excluding carboxylic acids is 4. The summed E-state index contributed by atoms with van der Waals surface area (Å²) in [5.74, 6) is -1.35. The molecular formula is C23H25N3O4. The molecule has 0 aromatic heterocycles. The van der Waals surface area contributed by atoms with Gasteiger partial charge in [-0.25, -0.2) is 0 Å². The summed E-state index contributed by atoms with van der Waals surface area (Å²) in [6, 6.07) is 15.0. The van der Waals surface area contributed by atoms with Crippen molar-refractivity contribution in [2.24, 2.45) is 5.92 Å². The first-order chi connectivity index (χ1) is 14.5. The largest absolute Gasteiger partial charge is 0.348 e. The summed E-state index contributed by atoms with van der Waals surface area (Å²) in [4.78, 5) is 48.3. The molecule has 2 aromatic rings. The lowest BCUT2D eigenvalue weighted by Gasteiger charge is -2.25. The van der Waals surface area contributed by atoms with Crippen LogP contribution >= 0.6 is 0 Å². The topological polar surface area (TPSA) is 104 Å². The van der Waals surface area contributed by atoms with Crippen LogP contribution in [0.1, 0.15) is 28.4 Å². The van der Waals surface area contributed by atoms with E-state index in [0.29, 0.717) is 24.7 Å². The predicted octanol–water partition coefficient (Wildman–Crippen LogP) is 1.02. The molecular weight excluding hydrogens is 382 g/mol. The first kappa shape index (κ1) is 21.2. The maximum Gasteiger partial charge on any atom is 0.251 e. The summed E-state index contributed by atoms with van der Waals surface area (Å²) in [5.41, 5.74) is 2.78. The molecule has 3 amide bonds. The van der Waals surface area contributed by atoms with E-state index in [2.05, 4.69) is 16.0 Å². The van der Waals surface area contributed by atoms with Crippen LogP contribution in [0.3, 0.4) is 0 Å². The Labute approximate surface area is 175 Å². The third-order valence-corrected chi connectivity index (χ3v) is 5.27. The maximum absolute atomic E-state index is 13.1. The van der Waals surface area contributed by atoms with Crippen molar-refractivity contribution in [2.75, 3.05) is 6.54 Å². The molecule has 0 aliphatic heterocycles. The monoisotopic (exact) mass is 407 g/mol. The van der Waals surface area contributed by atoms with Crippen LogP contribution in [0.15, 0.2) is 54.6 Å². The van der Waals surface area contributed by atoms with E-state index in [-0.39, 0.29) is 18.4 Å². The van der Waals surface area contributed by atoms with Gasteiger partial charge in [0.2, 0.25) is 11.8 Å². The number of carbonyl (C=O) groups is 4. The molecule has 3 rings (SSSR count). The van der Waals surface area contributed by atoms with E-state index < -0.39 is 23.9 Å². The minimum atomic E-state index is -0.836. The van der Waals surface area contributed by atoms with E-state index in [4.69, 9.17) is 0 Å². The van der Waals surface area contributed by atoms with Crippen LogP contribution in [0.4, 0.5) is 0 Å². The first-order valence-corrected chi connectivity index (χ1v) is 9.94. The number of aldehydes is 1. The lowest BCUT2D eigenvalue weighted by atomic mass is 9.95. The molecule has 3 N–H and O–H groups in total. The summed E-state index contributed by atoms with van der Waals surface area (Å²) < 4.78 is 0. The second kappa shape index (κ2) is 9.82. The molecule has 0 saturated carbocycles. The molecule has 156 valence electrons. The van der Waals surface area contributed by atoms with E-state index in [1.807, 2.05) is 30.3 Å². The van der Waals surface area contributed by atoms with Crippen molar-refractivity contribution >= 4 is 24.0 Å². The summed E-state index contributed by atoms with van der Waals surface area (Å²) in [6.45, 7) is 1.42. The minimum Gasteiger partial charge on any atom is -0.348 e. The molecule has 2 atom stereocenters. The maximum atomic E-state index is 13.1. The minimum absolute atomic E-state index is 0.120. The second-order valence-electron chi connectivity index (χ2n) is 7.40. The van der Waals surface area contributed by atoms with E-state index in [9.17, 15) is 19.2 Å². The Morgan fingerprint density at radius 1 is 0.933 bits per heavy atom. The zero-order valence-corrected chi connectivity index (χ0v) is 16.8. The fourth-order valence-corrected chi connectivity index (χ4v) is 3.70. The summed E-state index contributed by atoms with van der Waals surface area (Å²) in [6.07, 6.45) is 1.90. The van der Waals surface area contributed by atoms with Gasteiger partial charge in [-0.05, 0) is 48.9 Å². The molecule has 7 heteroatoms. The lowest BCUT2D eigenvalue weighted by Crippen LogP contribution is -2.55. The SMILES string of the molecule is CC(NC(=O)C(NC(=O)c1ccccc1)C1Cc2ccccc2C1)C(=O)NCC=O. The molecule has 30 heavy (non-hydrogen) atoms. The quantitative estimate of drug-likeness (QED) is 0.568. The molecule has 0 bridgehead atoms. The number of amides is 3. The Morgan fingerprint density at radius 2 is 1.53 bits per heavy atom. The number of hydrogen-bond donors (Lipinski definition) is 3. The van der Waals surface area contributed by atoms with Crippen molar-refractivity contribution < 1.29 is 19.2 Å². The summed E-state index contributed by atoms with van der Waals surface area (Å²) in [5, 5.41) is 7.94. The van der Waals surface area contributed by atoms with Gasteiger partial charge < -0.3 is 20.7 Å². The highest BCUT2D eigenvalue weighted by molar-refractivity contribution is 5.98. The molecule has 0 radical (unpaired) electrons. The highest BCUT2D eigenvalue weighted by Crippen LogP contribution is 2.29. The van der Waals surface area contributed by atoms with Crippen LogP contribution in [-0.4, -0.2) is 42.6 Å². The highest BCUT2D eigenvalue weighted by Gasteiger charge is 2.35. The first-order valence-electron chi connectivity index (χ1n) is 9.94. The van der Waals surface area contributed by atoms with Crippen LogP contribution < -0.4 is 16.0 Å². The van der Waals surface area contributed by atoms with Gasteiger partial charge in [0.1, 0.15) is 18.4 Å². The lowest BCUT2D eigenvalue weighted by molar-refractivity contribution is -0.130. The highest BCUT2D eigenvalue weighted by atomic mass is 16.2. The number of nitrogens with one attached hydrogen (secondary N) is 3. The van der Waals surface area contributed by atoms with Gasteiger partial charge in [-0.2, -0.15) is 0 Å². The molecule has 0 heterocycles. The second-order valence-corrected chi connectivity index (χ2v) is 7.40. The fourth-order valence-electron chi connectivity index (χ4n) is 3.70. The van der Waals surface area contributed by atoms with Gasteiger partial charge in [-0.15, -0.1) is 0 Å². The molecule has 7 nitrogen and oxygen atoms in total. The average Bonchev–Trinajstić information content (AvgIpc) is 3.19. The van der Waals surface area contributed by atoms with Crippen molar-refractivity contribution in [3.8, 4) is 0 Å². The molecule has 2 unspecified atom stereocenters. The van der Waals surface area contributed by atoms with Crippen LogP contribution in [0, 0.1) is 5.92 Å². The molecule has 0 fully saturated rings. The van der Waals surface area contributed by atoms with Gasteiger partial charge in [-0.1, -0.05) is 42.5 Å². The number of fused-ring (bicyclic) bond motifs is 1. The van der Waals surface area contributed by atoms with Gasteiger partial charge in [-0.3, -0.25) is 14.4 Å². The van der Waals surface area contributed by atoms with Gasteiger partial charge >= 0.3 is 0 Å². The normalized spacial score (nSPS) is 14.8. The van der Waals surface area contributed by atoms with Gasteiger partial charge in [0.15, 0.2) is 0 Å². The Bertz CT molecular complexity index is 904. The molecule has 1 aliphatic rings. The Hall–Kier alpha value is -3.48. The number of rotatable bonds is 8. The van der Waals surface area contributed by atoms with Crippen molar-refractivity contribution in [1.29, 1.82) is 0 Å². The van der Waals surface area contributed by atoms with Gasteiger partial charge in [0, 0.05) is 5.56 Å². The standard InChI is InChI=1S/C23H25N3O4/c1-15(21(28)24-11-12-27)25-23(30)20(26-22(29)16-7-3-2-4-8-16)19-13-17-9-5-6-10-18(17)14-19/h2-10,12,15,19-20H,11,13-14H2,1H3,(H,24,28)(H,25,30)(H,26,29). The molecule has 1 aliphatic carbocycles. The van der Waals surface area contributed by atoms with E-state index in [0.717, 1.165) is 11.1 Å². The third-order valence-electron chi connectivity index (χ3n) is 5.27. The van der Waals surface area contributed by atoms with Crippen molar-refractivity contribution in [1.82, 2.24) is 16.0 Å².